The third-order valence-corrected chi connectivity index (χ3v) is 4.90. The van der Waals surface area contributed by atoms with Gasteiger partial charge < -0.3 is 19.6 Å². The summed E-state index contributed by atoms with van der Waals surface area (Å²) in [5, 5.41) is 10.3. The molecule has 0 spiro atoms. The number of benzene rings is 2. The van der Waals surface area contributed by atoms with Crippen LogP contribution in [0.3, 0.4) is 0 Å². The van der Waals surface area contributed by atoms with Crippen LogP contribution in [0.5, 0.6) is 11.5 Å². The lowest BCUT2D eigenvalue weighted by Crippen LogP contribution is -2.20. The maximum Gasteiger partial charge on any atom is 0.127 e. The fraction of sp³-hybridized carbons (Fsp3) is 0.320. The molecule has 0 amide bonds. The largest absolute Gasteiger partial charge is 0.507 e. The van der Waals surface area contributed by atoms with Gasteiger partial charge in [0.2, 0.25) is 0 Å². The van der Waals surface area contributed by atoms with Crippen molar-refractivity contribution in [3.63, 3.8) is 0 Å². The zero-order valence-electron chi connectivity index (χ0n) is 17.9. The first-order valence-corrected chi connectivity index (χ1v) is 10.0. The van der Waals surface area contributed by atoms with Gasteiger partial charge in [0.15, 0.2) is 0 Å². The van der Waals surface area contributed by atoms with Crippen molar-refractivity contribution in [2.45, 2.75) is 6.42 Å². The molecule has 0 unspecified atom stereocenters. The molecule has 3 rings (SSSR count). The van der Waals surface area contributed by atoms with Crippen LogP contribution in [0.15, 0.2) is 60.2 Å². The summed E-state index contributed by atoms with van der Waals surface area (Å²) in [6.45, 7) is 2.35. The molecule has 4 heteroatoms. The lowest BCUT2D eigenvalue weighted by Gasteiger charge is -2.22. The van der Waals surface area contributed by atoms with Gasteiger partial charge in [-0.25, -0.2) is 0 Å². The number of allylic oxidation sites excluding steroid dienone is 3. The van der Waals surface area contributed by atoms with Crippen molar-refractivity contribution in [2.75, 3.05) is 47.9 Å². The Bertz CT molecular complexity index is 897. The van der Waals surface area contributed by atoms with Crippen LogP contribution in [-0.2, 0) is 0 Å². The zero-order valence-corrected chi connectivity index (χ0v) is 17.9. The molecule has 29 heavy (non-hydrogen) atoms. The summed E-state index contributed by atoms with van der Waals surface area (Å²) >= 11 is 0. The topological polar surface area (TPSA) is 35.9 Å². The molecule has 2 aromatic rings. The Labute approximate surface area is 174 Å². The number of nitrogens with zero attached hydrogens (tertiary/aromatic N) is 2. The third-order valence-electron chi connectivity index (χ3n) is 4.90. The lowest BCUT2D eigenvalue weighted by molar-refractivity contribution is 0.261. The molecular weight excluding hydrogens is 360 g/mol. The SMILES string of the molecule is CN(C)CCOc1ccc(-c2ccccc2O)cc1C1=C(CN(C)C)[CH]CC=C1. The number of aromatic hydroxyl groups is 1. The average molecular weight is 392 g/mol. The highest BCUT2D eigenvalue weighted by Gasteiger charge is 2.17. The van der Waals surface area contributed by atoms with Crippen molar-refractivity contribution in [1.29, 1.82) is 0 Å². The van der Waals surface area contributed by atoms with Crippen molar-refractivity contribution in [3.8, 4) is 22.6 Å². The highest BCUT2D eigenvalue weighted by Crippen LogP contribution is 2.38. The number of phenols is 1. The highest BCUT2D eigenvalue weighted by molar-refractivity contribution is 5.85. The predicted octanol–water partition coefficient (Wildman–Crippen LogP) is 4.48. The van der Waals surface area contributed by atoms with E-state index in [1.54, 1.807) is 6.07 Å². The van der Waals surface area contributed by atoms with Gasteiger partial charge in [-0.3, -0.25) is 0 Å². The number of hydrogen-bond donors (Lipinski definition) is 1. The van der Waals surface area contributed by atoms with Gasteiger partial charge in [-0.15, -0.1) is 0 Å². The molecule has 4 nitrogen and oxygen atoms in total. The normalized spacial score (nSPS) is 14.1. The summed E-state index contributed by atoms with van der Waals surface area (Å²) in [6, 6.07) is 13.6. The van der Waals surface area contributed by atoms with Crippen LogP contribution in [-0.4, -0.2) is 62.8 Å². The fourth-order valence-electron chi connectivity index (χ4n) is 3.46. The molecule has 0 aromatic heterocycles. The Morgan fingerprint density at radius 2 is 1.76 bits per heavy atom. The van der Waals surface area contributed by atoms with Crippen LogP contribution in [0.2, 0.25) is 0 Å². The van der Waals surface area contributed by atoms with E-state index < -0.39 is 0 Å². The molecule has 0 saturated heterocycles. The van der Waals surface area contributed by atoms with Gasteiger partial charge in [0.05, 0.1) is 0 Å². The van der Waals surface area contributed by atoms with Crippen LogP contribution in [0.1, 0.15) is 12.0 Å². The van der Waals surface area contributed by atoms with Crippen molar-refractivity contribution in [2.24, 2.45) is 0 Å². The molecule has 1 aliphatic carbocycles. The molecule has 2 aromatic carbocycles. The van der Waals surface area contributed by atoms with Gasteiger partial charge in [-0.1, -0.05) is 36.4 Å². The molecule has 1 N–H and O–H groups in total. The Morgan fingerprint density at radius 1 is 0.966 bits per heavy atom. The minimum atomic E-state index is 0.285. The second-order valence-electron chi connectivity index (χ2n) is 7.90. The number of rotatable bonds is 8. The summed E-state index contributed by atoms with van der Waals surface area (Å²) in [4.78, 5) is 4.30. The summed E-state index contributed by atoms with van der Waals surface area (Å²) in [5.74, 6) is 1.16. The molecule has 0 fully saturated rings. The average Bonchev–Trinajstić information content (AvgIpc) is 2.68. The predicted molar refractivity (Wildman–Crippen MR) is 121 cm³/mol. The lowest BCUT2D eigenvalue weighted by atomic mass is 9.89. The van der Waals surface area contributed by atoms with E-state index in [1.807, 2.05) is 44.4 Å². The highest BCUT2D eigenvalue weighted by atomic mass is 16.5. The molecule has 0 bridgehead atoms. The molecular formula is C25H31N2O2. The molecule has 0 heterocycles. The minimum absolute atomic E-state index is 0.285. The number of hydrogen-bond acceptors (Lipinski definition) is 4. The van der Waals surface area contributed by atoms with Crippen LogP contribution in [0, 0.1) is 6.42 Å². The summed E-state index contributed by atoms with van der Waals surface area (Å²) in [7, 11) is 8.26. The van der Waals surface area contributed by atoms with Gasteiger partial charge in [0.1, 0.15) is 18.1 Å². The number of para-hydroxylation sites is 1. The van der Waals surface area contributed by atoms with Gasteiger partial charge in [0, 0.05) is 24.2 Å². The standard InChI is InChI=1S/C25H31N2O2/c1-26(2)15-16-29-25-14-13-19(22-11-7-8-12-24(22)28)17-23(25)21-10-6-5-9-20(21)18-27(3)4/h6-14,17,28H,5,15-16,18H2,1-4H3. The zero-order chi connectivity index (χ0) is 20.8. The van der Waals surface area contributed by atoms with E-state index >= 15 is 0 Å². The van der Waals surface area contributed by atoms with E-state index in [0.29, 0.717) is 6.61 Å². The van der Waals surface area contributed by atoms with Crippen LogP contribution in [0.4, 0.5) is 0 Å². The molecule has 1 aliphatic rings. The second kappa shape index (κ2) is 9.77. The van der Waals surface area contributed by atoms with E-state index in [2.05, 4.69) is 48.5 Å². The van der Waals surface area contributed by atoms with Gasteiger partial charge in [-0.05, 0) is 75.9 Å². The summed E-state index contributed by atoms with van der Waals surface area (Å²) in [6.07, 6.45) is 7.61. The van der Waals surface area contributed by atoms with Crippen LogP contribution < -0.4 is 4.74 Å². The summed E-state index contributed by atoms with van der Waals surface area (Å²) < 4.78 is 6.18. The Kier molecular flexibility index (Phi) is 7.13. The monoisotopic (exact) mass is 391 g/mol. The molecule has 1 radical (unpaired) electrons. The van der Waals surface area contributed by atoms with E-state index in [1.165, 1.54) is 11.1 Å². The summed E-state index contributed by atoms with van der Waals surface area (Å²) in [5.41, 5.74) is 5.35. The first kappa shape index (κ1) is 21.2. The third kappa shape index (κ3) is 5.49. The number of likely N-dealkylation sites (N-methyl/N-ethyl adjacent to an activating group) is 2. The Morgan fingerprint density at radius 3 is 2.48 bits per heavy atom. The maximum absolute atomic E-state index is 10.3. The minimum Gasteiger partial charge on any atom is -0.507 e. The first-order chi connectivity index (χ1) is 14.0. The second-order valence-corrected chi connectivity index (χ2v) is 7.90. The fourth-order valence-corrected chi connectivity index (χ4v) is 3.46. The molecule has 0 atom stereocenters. The van der Waals surface area contributed by atoms with Crippen molar-refractivity contribution in [1.82, 2.24) is 9.80 Å². The molecule has 0 aliphatic heterocycles. The van der Waals surface area contributed by atoms with Gasteiger partial charge in [0.25, 0.3) is 0 Å². The van der Waals surface area contributed by atoms with E-state index in [0.717, 1.165) is 42.0 Å². The van der Waals surface area contributed by atoms with Crippen LogP contribution in [0.25, 0.3) is 16.7 Å². The van der Waals surface area contributed by atoms with Crippen molar-refractivity contribution < 1.29 is 9.84 Å². The Balaban J connectivity index is 2.07. The van der Waals surface area contributed by atoms with Crippen molar-refractivity contribution >= 4 is 5.57 Å². The smallest absolute Gasteiger partial charge is 0.127 e. The molecule has 153 valence electrons. The number of ether oxygens (including phenoxy) is 1. The van der Waals surface area contributed by atoms with E-state index in [-0.39, 0.29) is 5.75 Å². The van der Waals surface area contributed by atoms with E-state index in [9.17, 15) is 5.11 Å². The van der Waals surface area contributed by atoms with Crippen LogP contribution >= 0.6 is 0 Å². The van der Waals surface area contributed by atoms with E-state index in [4.69, 9.17) is 4.74 Å². The first-order valence-electron chi connectivity index (χ1n) is 10.0. The van der Waals surface area contributed by atoms with Gasteiger partial charge in [-0.2, -0.15) is 0 Å². The maximum atomic E-state index is 10.3. The van der Waals surface area contributed by atoms with Gasteiger partial charge >= 0.3 is 0 Å². The Hall–Kier alpha value is -2.56. The quantitative estimate of drug-likeness (QED) is 0.720. The number of phenolic OH excluding ortho intramolecular Hbond substituents is 1. The molecule has 0 saturated carbocycles. The van der Waals surface area contributed by atoms with Crippen molar-refractivity contribution in [3.05, 3.63) is 72.2 Å².